The Bertz CT molecular complexity index is 252. The summed E-state index contributed by atoms with van der Waals surface area (Å²) < 4.78 is 0. The summed E-state index contributed by atoms with van der Waals surface area (Å²) in [6.07, 6.45) is -0.530. The fourth-order valence-electron chi connectivity index (χ4n) is 0.663. The maximum Gasteiger partial charge on any atom is 0.325 e. The summed E-state index contributed by atoms with van der Waals surface area (Å²) in [5.41, 5.74) is 5.18. The van der Waals surface area contributed by atoms with Crippen molar-refractivity contribution in [2.24, 2.45) is 5.73 Å². The summed E-state index contributed by atoms with van der Waals surface area (Å²) >= 11 is 0. The summed E-state index contributed by atoms with van der Waals surface area (Å²) in [6.45, 7) is 1.26. The number of amides is 1. The van der Waals surface area contributed by atoms with Crippen molar-refractivity contribution in [1.82, 2.24) is 5.32 Å². The smallest absolute Gasteiger partial charge is 0.325 e. The van der Waals surface area contributed by atoms with Crippen LogP contribution in [0, 0.1) is 0 Å². The van der Waals surface area contributed by atoms with Gasteiger partial charge in [0.05, 0.1) is 12.5 Å². The number of hydrogen-bond acceptors (Lipinski definition) is 4. The monoisotopic (exact) mass is 204 g/mol. The van der Waals surface area contributed by atoms with Gasteiger partial charge in [-0.05, 0) is 6.92 Å². The van der Waals surface area contributed by atoms with Gasteiger partial charge in [-0.2, -0.15) is 0 Å². The van der Waals surface area contributed by atoms with Crippen LogP contribution in [0.1, 0.15) is 13.3 Å². The number of nitrogens with two attached hydrogens (primary N) is 1. The molecule has 0 saturated carbocycles. The van der Waals surface area contributed by atoms with Crippen molar-refractivity contribution in [1.29, 1.82) is 0 Å². The van der Waals surface area contributed by atoms with Gasteiger partial charge in [-0.3, -0.25) is 14.4 Å². The molecule has 0 aliphatic carbocycles. The number of carboxylic acid groups (broad SMARTS) is 2. The average Bonchev–Trinajstić information content (AvgIpc) is 2.02. The number of hydrogen-bond donors (Lipinski definition) is 4. The standard InChI is InChI=1S/C7H12N2O5/c1-3(7(13)14)9-6(12)4(8)2-5(10)11/h3-4H,2,8H2,1H3,(H,9,12)(H,10,11)(H,13,14)/t3-,4?/m0/s1. The predicted molar refractivity (Wildman–Crippen MR) is 45.5 cm³/mol. The van der Waals surface area contributed by atoms with Gasteiger partial charge in [0.1, 0.15) is 6.04 Å². The minimum atomic E-state index is -1.23. The number of carbonyl (C=O) groups is 3. The summed E-state index contributed by atoms with van der Waals surface area (Å²) in [6, 6.07) is -2.31. The predicted octanol–water partition coefficient (Wildman–Crippen LogP) is -1.62. The largest absolute Gasteiger partial charge is 0.481 e. The third-order valence-electron chi connectivity index (χ3n) is 1.46. The Morgan fingerprint density at radius 1 is 1.36 bits per heavy atom. The van der Waals surface area contributed by atoms with Crippen molar-refractivity contribution in [2.75, 3.05) is 0 Å². The Morgan fingerprint density at radius 2 is 1.86 bits per heavy atom. The van der Waals surface area contributed by atoms with E-state index in [1.165, 1.54) is 6.92 Å². The quantitative estimate of drug-likeness (QED) is 0.425. The molecule has 0 heterocycles. The van der Waals surface area contributed by atoms with Crippen molar-refractivity contribution >= 4 is 17.8 Å². The minimum Gasteiger partial charge on any atom is -0.481 e. The summed E-state index contributed by atoms with van der Waals surface area (Å²) in [5.74, 6) is -3.21. The Hall–Kier alpha value is -1.63. The van der Waals surface area contributed by atoms with E-state index in [1.54, 1.807) is 0 Å². The molecule has 0 fully saturated rings. The molecule has 7 heteroatoms. The number of nitrogens with one attached hydrogen (secondary N) is 1. The molecule has 0 radical (unpaired) electrons. The topological polar surface area (TPSA) is 130 Å². The SMILES string of the molecule is C[C@H](NC(=O)C(N)CC(=O)O)C(=O)O. The Balaban J connectivity index is 4.07. The van der Waals surface area contributed by atoms with Gasteiger partial charge in [0.25, 0.3) is 0 Å². The third kappa shape index (κ3) is 4.41. The molecule has 80 valence electrons. The summed E-state index contributed by atoms with van der Waals surface area (Å²) in [4.78, 5) is 31.5. The lowest BCUT2D eigenvalue weighted by molar-refractivity contribution is -0.142. The van der Waals surface area contributed by atoms with Crippen molar-refractivity contribution in [3.05, 3.63) is 0 Å². The summed E-state index contributed by atoms with van der Waals surface area (Å²) in [5, 5.41) is 18.8. The molecule has 0 aliphatic rings. The van der Waals surface area contributed by atoms with Gasteiger partial charge in [0.15, 0.2) is 0 Å². The average molecular weight is 204 g/mol. The van der Waals surface area contributed by atoms with Gasteiger partial charge in [0.2, 0.25) is 5.91 Å². The molecule has 0 aromatic carbocycles. The van der Waals surface area contributed by atoms with Gasteiger partial charge in [-0.15, -0.1) is 0 Å². The molecule has 0 rings (SSSR count). The Morgan fingerprint density at radius 3 is 2.21 bits per heavy atom. The van der Waals surface area contributed by atoms with E-state index in [0.717, 1.165) is 0 Å². The van der Waals surface area contributed by atoms with Crippen LogP contribution >= 0.6 is 0 Å². The first-order chi connectivity index (χ1) is 6.34. The second-order valence-corrected chi connectivity index (χ2v) is 2.77. The van der Waals surface area contributed by atoms with Crippen LogP contribution in [0.5, 0.6) is 0 Å². The van der Waals surface area contributed by atoms with Crippen LogP contribution < -0.4 is 11.1 Å². The van der Waals surface area contributed by atoms with E-state index >= 15 is 0 Å². The number of carboxylic acids is 2. The lowest BCUT2D eigenvalue weighted by Crippen LogP contribution is -2.47. The van der Waals surface area contributed by atoms with Crippen molar-refractivity contribution in [3.8, 4) is 0 Å². The van der Waals surface area contributed by atoms with E-state index in [1.807, 2.05) is 0 Å². The zero-order valence-electron chi connectivity index (χ0n) is 7.56. The Labute approximate surface area is 79.9 Å². The molecule has 0 aromatic rings. The maximum absolute atomic E-state index is 11.0. The molecular formula is C7H12N2O5. The van der Waals surface area contributed by atoms with Crippen molar-refractivity contribution < 1.29 is 24.6 Å². The molecule has 2 atom stereocenters. The zero-order valence-corrected chi connectivity index (χ0v) is 7.56. The van der Waals surface area contributed by atoms with E-state index in [0.29, 0.717) is 0 Å². The van der Waals surface area contributed by atoms with Gasteiger partial charge in [-0.1, -0.05) is 0 Å². The lowest BCUT2D eigenvalue weighted by atomic mass is 10.2. The second kappa shape index (κ2) is 5.18. The highest BCUT2D eigenvalue weighted by molar-refractivity contribution is 5.89. The first-order valence-electron chi connectivity index (χ1n) is 3.85. The van der Waals surface area contributed by atoms with E-state index in [2.05, 4.69) is 5.32 Å². The molecule has 0 aliphatic heterocycles. The van der Waals surface area contributed by atoms with Gasteiger partial charge >= 0.3 is 11.9 Å². The third-order valence-corrected chi connectivity index (χ3v) is 1.46. The lowest BCUT2D eigenvalue weighted by Gasteiger charge is -2.12. The number of rotatable bonds is 5. The molecule has 0 aromatic heterocycles. The van der Waals surface area contributed by atoms with E-state index in [9.17, 15) is 14.4 Å². The molecule has 14 heavy (non-hydrogen) atoms. The highest BCUT2D eigenvalue weighted by atomic mass is 16.4. The molecule has 1 unspecified atom stereocenters. The summed E-state index contributed by atoms with van der Waals surface area (Å²) in [7, 11) is 0. The minimum absolute atomic E-state index is 0.530. The van der Waals surface area contributed by atoms with Gasteiger partial charge in [0, 0.05) is 0 Å². The molecule has 1 amide bonds. The fraction of sp³-hybridized carbons (Fsp3) is 0.571. The van der Waals surface area contributed by atoms with Crippen LogP contribution in [0.3, 0.4) is 0 Å². The van der Waals surface area contributed by atoms with Crippen LogP contribution in [0.2, 0.25) is 0 Å². The van der Waals surface area contributed by atoms with E-state index in [-0.39, 0.29) is 0 Å². The highest BCUT2D eigenvalue weighted by Gasteiger charge is 2.21. The van der Waals surface area contributed by atoms with Crippen LogP contribution in [-0.4, -0.2) is 40.1 Å². The fourth-order valence-corrected chi connectivity index (χ4v) is 0.663. The normalized spacial score (nSPS) is 14.1. The molecule has 5 N–H and O–H groups in total. The number of aliphatic carboxylic acids is 2. The molecule has 0 bridgehead atoms. The second-order valence-electron chi connectivity index (χ2n) is 2.77. The van der Waals surface area contributed by atoms with Gasteiger partial charge in [-0.25, -0.2) is 0 Å². The Kier molecular flexibility index (Phi) is 4.57. The highest BCUT2D eigenvalue weighted by Crippen LogP contribution is 1.90. The van der Waals surface area contributed by atoms with Crippen LogP contribution in [0.4, 0.5) is 0 Å². The van der Waals surface area contributed by atoms with Crippen LogP contribution in [0.15, 0.2) is 0 Å². The van der Waals surface area contributed by atoms with Crippen LogP contribution in [0.25, 0.3) is 0 Å². The van der Waals surface area contributed by atoms with E-state index in [4.69, 9.17) is 15.9 Å². The van der Waals surface area contributed by atoms with Crippen molar-refractivity contribution in [3.63, 3.8) is 0 Å². The molecule has 0 spiro atoms. The first-order valence-corrected chi connectivity index (χ1v) is 3.85. The van der Waals surface area contributed by atoms with Crippen molar-refractivity contribution in [2.45, 2.75) is 25.4 Å². The zero-order chi connectivity index (χ0) is 11.3. The first kappa shape index (κ1) is 12.4. The molecule has 0 saturated heterocycles. The number of carbonyl (C=O) groups excluding carboxylic acids is 1. The van der Waals surface area contributed by atoms with Gasteiger partial charge < -0.3 is 21.3 Å². The van der Waals surface area contributed by atoms with Crippen LogP contribution in [-0.2, 0) is 14.4 Å². The van der Waals surface area contributed by atoms with E-state index < -0.39 is 36.4 Å². The maximum atomic E-state index is 11.0. The molecule has 7 nitrogen and oxygen atoms in total. The molecular weight excluding hydrogens is 192 g/mol.